The molecule has 1 saturated carbocycles. The number of hydrogen-bond donors (Lipinski definition) is 3. The summed E-state index contributed by atoms with van der Waals surface area (Å²) in [6, 6.07) is 23.6. The zero-order valence-corrected chi connectivity index (χ0v) is 42.0. The topological polar surface area (TPSA) is 199 Å². The van der Waals surface area contributed by atoms with Gasteiger partial charge in [0.05, 0.1) is 32.6 Å². The quantitative estimate of drug-likeness (QED) is 0.0789. The van der Waals surface area contributed by atoms with E-state index in [1.54, 1.807) is 12.3 Å². The number of carbonyl (C=O) groups is 1. The highest BCUT2D eigenvalue weighted by molar-refractivity contribution is 7.90. The van der Waals surface area contributed by atoms with Gasteiger partial charge in [-0.25, -0.2) is 13.1 Å². The van der Waals surface area contributed by atoms with Gasteiger partial charge in [0.2, 0.25) is 5.88 Å². The molecule has 10 rings (SSSR count). The number of nitro benzene ring substituents is 1. The molecule has 2 aromatic heterocycles. The molecule has 2 aliphatic carbocycles. The summed E-state index contributed by atoms with van der Waals surface area (Å²) in [4.78, 5) is 40.9. The Bertz CT molecular complexity index is 3050. The number of fused-ring (bicyclic) bond motifs is 3. The summed E-state index contributed by atoms with van der Waals surface area (Å²) in [5, 5.41) is 27.3. The van der Waals surface area contributed by atoms with Crippen LogP contribution in [0.1, 0.15) is 81.6 Å². The van der Waals surface area contributed by atoms with Crippen LogP contribution >= 0.6 is 11.6 Å². The van der Waals surface area contributed by atoms with Crippen LogP contribution in [-0.2, 0) is 14.8 Å². The van der Waals surface area contributed by atoms with Gasteiger partial charge in [0.25, 0.3) is 21.6 Å². The number of aromatic nitrogens is 2. The molecule has 3 atom stereocenters. The lowest BCUT2D eigenvalue weighted by Gasteiger charge is -2.39. The number of anilines is 4. The maximum Gasteiger partial charge on any atom is 0.293 e. The van der Waals surface area contributed by atoms with Crippen molar-refractivity contribution in [3.63, 3.8) is 0 Å². The Morgan fingerprint density at radius 2 is 1.77 bits per heavy atom. The number of H-pyrrole nitrogens is 1. The molecule has 5 aromatic rings. The van der Waals surface area contributed by atoms with Crippen LogP contribution in [0.25, 0.3) is 16.6 Å². The Hall–Kier alpha value is -6.19. The number of carbonyl (C=O) groups excluding carboxylic acids is 1. The van der Waals surface area contributed by atoms with Crippen LogP contribution < -0.4 is 24.6 Å². The molecule has 0 radical (unpaired) electrons. The van der Waals surface area contributed by atoms with E-state index in [4.69, 9.17) is 26.1 Å². The molecular weight excluding hydrogens is 942 g/mol. The van der Waals surface area contributed by atoms with Gasteiger partial charge >= 0.3 is 0 Å². The first-order valence-corrected chi connectivity index (χ1v) is 26.5. The fourth-order valence-corrected chi connectivity index (χ4v) is 12.3. The Morgan fingerprint density at radius 3 is 2.52 bits per heavy atom. The Kier molecular flexibility index (Phi) is 13.3. The molecule has 3 aromatic carbocycles. The lowest BCUT2D eigenvalue weighted by atomic mass is 9.72. The van der Waals surface area contributed by atoms with Gasteiger partial charge in [-0.05, 0) is 123 Å². The highest BCUT2D eigenvalue weighted by atomic mass is 35.5. The summed E-state index contributed by atoms with van der Waals surface area (Å²) in [6.07, 6.45) is 7.27. The number of sulfonamides is 1. The van der Waals surface area contributed by atoms with Gasteiger partial charge in [0.1, 0.15) is 23.1 Å². The predicted molar refractivity (Wildman–Crippen MR) is 275 cm³/mol. The lowest BCUT2D eigenvalue weighted by molar-refractivity contribution is -0.384. The number of benzene rings is 3. The number of hydrogen-bond acceptors (Lipinski definition) is 13. The zero-order chi connectivity index (χ0) is 49.7. The number of allylic oxidation sites excluding steroid dienone is 1. The number of rotatable bonds is 12. The van der Waals surface area contributed by atoms with E-state index in [9.17, 15) is 28.6 Å². The number of nitrogens with zero attached hydrogens (tertiary/aromatic N) is 6. The third-order valence-corrected chi connectivity index (χ3v) is 16.9. The predicted octanol–water partition coefficient (Wildman–Crippen LogP) is 9.71. The fourth-order valence-electron chi connectivity index (χ4n) is 11.2. The molecule has 5 heterocycles. The molecule has 3 aliphatic heterocycles. The van der Waals surface area contributed by atoms with E-state index >= 15 is 0 Å². The molecule has 3 fully saturated rings. The maximum absolute atomic E-state index is 14.7. The molecule has 0 spiro atoms. The van der Waals surface area contributed by atoms with Gasteiger partial charge in [-0.1, -0.05) is 43.2 Å². The van der Waals surface area contributed by atoms with Crippen LogP contribution in [0.2, 0.25) is 5.02 Å². The average molecular weight is 1000 g/mol. The molecule has 71 heavy (non-hydrogen) atoms. The summed E-state index contributed by atoms with van der Waals surface area (Å²) < 4.78 is 42.7. The largest absolute Gasteiger partial charge is 0.472 e. The van der Waals surface area contributed by atoms with Gasteiger partial charge in [-0.3, -0.25) is 19.8 Å². The highest BCUT2D eigenvalue weighted by Gasteiger charge is 2.47. The van der Waals surface area contributed by atoms with Gasteiger partial charge in [0, 0.05) is 99.7 Å². The molecule has 2 saturated heterocycles. The monoisotopic (exact) mass is 1000 g/mol. The molecular formula is C53H60ClN9O7S. The first-order valence-electron chi connectivity index (χ1n) is 24.6. The number of ether oxygens (including phenoxy) is 2. The van der Waals surface area contributed by atoms with Crippen molar-refractivity contribution in [2.45, 2.75) is 76.7 Å². The van der Waals surface area contributed by atoms with Crippen molar-refractivity contribution in [2.24, 2.45) is 22.7 Å². The van der Waals surface area contributed by atoms with Crippen molar-refractivity contribution in [3.05, 3.63) is 111 Å². The molecule has 372 valence electrons. The van der Waals surface area contributed by atoms with Gasteiger partial charge < -0.3 is 29.6 Å². The minimum Gasteiger partial charge on any atom is -0.472 e. The third kappa shape index (κ3) is 10.3. The molecule has 3 N–H and O–H groups in total. The number of pyridine rings is 1. The SMILES string of the molecule is CC1(C)CCC(CN2CCN(c3ccc(C(=O)NS(=O)(=O)c4ccc(NCC5CCOCC5)c([N+](=O)[O-])c4)c(N4C[C@@H]5C[C@](C)(C#N)C[C@@H]5Oc5nc6[nH]ccc6cc54)c3)CC2)=C(c2ccc(Cl)cc2)C1. The van der Waals surface area contributed by atoms with Crippen LogP contribution in [0.15, 0.2) is 89.5 Å². The first-order chi connectivity index (χ1) is 34.0. The van der Waals surface area contributed by atoms with Gasteiger partial charge in [-0.2, -0.15) is 10.2 Å². The van der Waals surface area contributed by atoms with Gasteiger partial charge in [0.15, 0.2) is 0 Å². The van der Waals surface area contributed by atoms with Crippen molar-refractivity contribution < 1.29 is 27.6 Å². The second-order valence-electron chi connectivity index (χ2n) is 21.0. The minimum absolute atomic E-state index is 0.0710. The van der Waals surface area contributed by atoms with Crippen LogP contribution in [-0.4, -0.2) is 99.2 Å². The number of piperazine rings is 1. The second kappa shape index (κ2) is 19.4. The Morgan fingerprint density at radius 1 is 1.00 bits per heavy atom. The molecule has 16 nitrogen and oxygen atoms in total. The summed E-state index contributed by atoms with van der Waals surface area (Å²) >= 11 is 6.30. The smallest absolute Gasteiger partial charge is 0.293 e. The Balaban J connectivity index is 0.968. The normalized spacial score (nSPS) is 22.8. The molecule has 5 aliphatic rings. The molecule has 18 heteroatoms. The average Bonchev–Trinajstić information content (AvgIpc) is 3.92. The molecule has 0 bridgehead atoms. The molecule has 1 amide bonds. The van der Waals surface area contributed by atoms with Crippen LogP contribution in [0.5, 0.6) is 5.88 Å². The second-order valence-corrected chi connectivity index (χ2v) is 23.2. The van der Waals surface area contributed by atoms with E-state index in [1.165, 1.54) is 28.8 Å². The first kappa shape index (κ1) is 48.4. The van der Waals surface area contributed by atoms with E-state index < -0.39 is 36.9 Å². The third-order valence-electron chi connectivity index (χ3n) is 15.3. The van der Waals surface area contributed by atoms with Crippen LogP contribution in [0.4, 0.5) is 28.4 Å². The van der Waals surface area contributed by atoms with E-state index in [0.717, 1.165) is 73.9 Å². The van der Waals surface area contributed by atoms with E-state index in [1.807, 2.05) is 48.2 Å². The standard InChI is InChI=1S/C53H60ClN9O7S/c1-52(2)16-12-37(43(28-52)35-4-6-39(54)7-5-35)31-60-18-20-61(21-19-60)40-8-10-42(50(64)59-71(67,68)41-9-11-44(46(26-41)63(65)66)57-30-34-14-22-69-23-15-34)45(25-40)62-32-38-27-53(3,33-55)29-48(38)70-51-47(62)24-36-13-17-56-49(36)58-51/h4-11,13,17,24-26,34,38,48,57H,12,14-16,18-23,27-32H2,1-3H3,(H,56,58)(H,59,64)/t38-,48-,53-/m0/s1. The van der Waals surface area contributed by atoms with Crippen LogP contribution in [0, 0.1) is 44.1 Å². The lowest BCUT2D eigenvalue weighted by Crippen LogP contribution is -2.47. The van der Waals surface area contributed by atoms with Crippen molar-refractivity contribution in [2.75, 3.05) is 74.1 Å². The van der Waals surface area contributed by atoms with E-state index in [-0.39, 0.29) is 34.6 Å². The zero-order valence-electron chi connectivity index (χ0n) is 40.4. The maximum atomic E-state index is 14.7. The van der Waals surface area contributed by atoms with Crippen molar-refractivity contribution >= 4 is 72.6 Å². The summed E-state index contributed by atoms with van der Waals surface area (Å²) in [6.45, 7) is 12.6. The molecule has 0 unspecified atom stereocenters. The number of amides is 1. The van der Waals surface area contributed by atoms with Crippen LogP contribution in [0.3, 0.4) is 0 Å². The number of halogens is 1. The summed E-state index contributed by atoms with van der Waals surface area (Å²) in [5.74, 6) is -0.459. The number of nitrogens with one attached hydrogen (secondary N) is 3. The fraction of sp³-hybridized carbons (Fsp3) is 0.453. The van der Waals surface area contributed by atoms with Crippen molar-refractivity contribution in [1.29, 1.82) is 5.26 Å². The van der Waals surface area contributed by atoms with E-state index in [2.05, 4.69) is 56.9 Å². The van der Waals surface area contributed by atoms with Gasteiger partial charge in [-0.15, -0.1) is 0 Å². The van der Waals surface area contributed by atoms with Crippen molar-refractivity contribution in [1.82, 2.24) is 19.6 Å². The minimum atomic E-state index is -4.63. The van der Waals surface area contributed by atoms with E-state index in [0.29, 0.717) is 75.1 Å². The van der Waals surface area contributed by atoms with Crippen molar-refractivity contribution in [3.8, 4) is 11.9 Å². The number of aromatic amines is 1. The number of nitro groups is 1. The number of nitriles is 1. The Labute approximate surface area is 419 Å². The highest BCUT2D eigenvalue weighted by Crippen LogP contribution is 2.50. The summed E-state index contributed by atoms with van der Waals surface area (Å²) in [5.41, 5.74) is 5.99. The summed E-state index contributed by atoms with van der Waals surface area (Å²) in [7, 11) is -4.63.